The highest BCUT2D eigenvalue weighted by Crippen LogP contribution is 2.45. The van der Waals surface area contributed by atoms with Crippen LogP contribution in [0.3, 0.4) is 0 Å². The van der Waals surface area contributed by atoms with Crippen molar-refractivity contribution in [1.29, 1.82) is 0 Å². The maximum absolute atomic E-state index is 13.3. The molecule has 3 aliphatic heterocycles. The summed E-state index contributed by atoms with van der Waals surface area (Å²) in [5.74, 6) is -1.30. The Morgan fingerprint density at radius 1 is 1.30 bits per heavy atom. The van der Waals surface area contributed by atoms with E-state index < -0.39 is 33.4 Å². The van der Waals surface area contributed by atoms with Crippen LogP contribution in [0.25, 0.3) is 0 Å². The number of likely N-dealkylation sites (tertiary alicyclic amines) is 1. The second kappa shape index (κ2) is 7.64. The summed E-state index contributed by atoms with van der Waals surface area (Å²) in [6, 6.07) is -0.466. The summed E-state index contributed by atoms with van der Waals surface area (Å²) < 4.78 is 25.8. The van der Waals surface area contributed by atoms with Crippen LogP contribution < -0.4 is 5.32 Å². The van der Waals surface area contributed by atoms with Crippen molar-refractivity contribution in [3.8, 4) is 0 Å². The second-order valence-electron chi connectivity index (χ2n) is 8.37. The number of fused-ring (bicyclic) bond motifs is 1. The molecular weight excluding hydrogens is 366 g/mol. The van der Waals surface area contributed by atoms with Gasteiger partial charge in [-0.05, 0) is 50.9 Å². The molecule has 0 spiro atoms. The Bertz CT molecular complexity index is 727. The predicted octanol–water partition coefficient (Wildman–Crippen LogP) is 0.772. The lowest BCUT2D eigenvalue weighted by atomic mass is 9.80. The third-order valence-corrected chi connectivity index (χ3v) is 7.32. The number of rotatable bonds is 6. The van der Waals surface area contributed by atoms with Crippen LogP contribution in [-0.2, 0) is 19.6 Å². The van der Waals surface area contributed by atoms with E-state index in [0.29, 0.717) is 19.5 Å². The van der Waals surface area contributed by atoms with Crippen molar-refractivity contribution in [3.63, 3.8) is 0 Å². The molecule has 3 fully saturated rings. The number of hydrogen-bond donors (Lipinski definition) is 1. The molecule has 7 nitrogen and oxygen atoms in total. The van der Waals surface area contributed by atoms with Crippen molar-refractivity contribution in [2.24, 2.45) is 11.8 Å². The molecular formula is C19H31N3O4S. The van der Waals surface area contributed by atoms with Crippen LogP contribution in [0.1, 0.15) is 39.5 Å². The van der Waals surface area contributed by atoms with E-state index in [2.05, 4.69) is 10.2 Å². The number of hydrogen-bond acceptors (Lipinski definition) is 6. The molecule has 3 rings (SSSR count). The number of sulfonamides is 1. The average molecular weight is 398 g/mol. The van der Waals surface area contributed by atoms with Gasteiger partial charge < -0.3 is 5.32 Å². The van der Waals surface area contributed by atoms with Crippen LogP contribution in [0.2, 0.25) is 0 Å². The van der Waals surface area contributed by atoms with Gasteiger partial charge in [0.05, 0.1) is 18.2 Å². The number of amides is 1. The SMILES string of the molecule is CC(C)[C@H]1C(=O)N(S(C)(=O)=O)[C@@]2(C(=O)/C=C/CN3CCCCC3)CCN[C@H]12. The second-order valence-corrected chi connectivity index (χ2v) is 10.2. The first-order chi connectivity index (χ1) is 12.7. The van der Waals surface area contributed by atoms with Gasteiger partial charge in [0.2, 0.25) is 15.9 Å². The Morgan fingerprint density at radius 2 is 1.96 bits per heavy atom. The molecule has 3 heterocycles. The molecule has 1 amide bonds. The monoisotopic (exact) mass is 397 g/mol. The summed E-state index contributed by atoms with van der Waals surface area (Å²) in [6.07, 6.45) is 8.27. The fourth-order valence-electron chi connectivity index (χ4n) is 4.97. The van der Waals surface area contributed by atoms with Gasteiger partial charge in [-0.3, -0.25) is 14.5 Å². The van der Waals surface area contributed by atoms with Crippen LogP contribution in [0.4, 0.5) is 0 Å². The molecule has 0 aromatic carbocycles. The maximum atomic E-state index is 13.3. The lowest BCUT2D eigenvalue weighted by Gasteiger charge is -2.34. The number of carbonyl (C=O) groups is 2. The summed E-state index contributed by atoms with van der Waals surface area (Å²) in [7, 11) is -3.84. The average Bonchev–Trinajstić information content (AvgIpc) is 3.09. The Hall–Kier alpha value is -1.25. The van der Waals surface area contributed by atoms with Gasteiger partial charge in [-0.2, -0.15) is 0 Å². The molecule has 0 bridgehead atoms. The van der Waals surface area contributed by atoms with Crippen LogP contribution in [0, 0.1) is 11.8 Å². The lowest BCUT2D eigenvalue weighted by molar-refractivity contribution is -0.133. The minimum Gasteiger partial charge on any atom is -0.310 e. The van der Waals surface area contributed by atoms with Gasteiger partial charge in [0, 0.05) is 6.54 Å². The highest BCUT2D eigenvalue weighted by atomic mass is 32.2. The van der Waals surface area contributed by atoms with E-state index in [4.69, 9.17) is 0 Å². The van der Waals surface area contributed by atoms with Gasteiger partial charge >= 0.3 is 0 Å². The predicted molar refractivity (Wildman–Crippen MR) is 104 cm³/mol. The largest absolute Gasteiger partial charge is 0.310 e. The van der Waals surface area contributed by atoms with Crippen LogP contribution in [-0.4, -0.2) is 73.3 Å². The molecule has 3 aliphatic rings. The Labute approximate surface area is 162 Å². The summed E-state index contributed by atoms with van der Waals surface area (Å²) in [5.41, 5.74) is -1.32. The smallest absolute Gasteiger partial charge is 0.242 e. The number of nitrogens with zero attached hydrogens (tertiary/aromatic N) is 2. The van der Waals surface area contributed by atoms with E-state index in [0.717, 1.165) is 23.7 Å². The zero-order valence-electron chi connectivity index (χ0n) is 16.5. The Kier molecular flexibility index (Phi) is 5.80. The minimum absolute atomic E-state index is 0.0515. The number of piperidine rings is 1. The Morgan fingerprint density at radius 3 is 2.56 bits per heavy atom. The van der Waals surface area contributed by atoms with Crippen molar-refractivity contribution in [2.75, 3.05) is 32.4 Å². The summed E-state index contributed by atoms with van der Waals surface area (Å²) in [6.45, 7) is 7.05. The normalized spacial score (nSPS) is 32.6. The van der Waals surface area contributed by atoms with Gasteiger partial charge in [-0.15, -0.1) is 0 Å². The van der Waals surface area contributed by atoms with Crippen molar-refractivity contribution in [2.45, 2.75) is 51.1 Å². The molecule has 0 aliphatic carbocycles. The quantitative estimate of drug-likeness (QED) is 0.667. The number of ketones is 1. The van der Waals surface area contributed by atoms with Crippen molar-refractivity contribution in [1.82, 2.24) is 14.5 Å². The van der Waals surface area contributed by atoms with Gasteiger partial charge in [0.1, 0.15) is 5.54 Å². The first-order valence-electron chi connectivity index (χ1n) is 9.90. The molecule has 152 valence electrons. The van der Waals surface area contributed by atoms with Crippen LogP contribution in [0.15, 0.2) is 12.2 Å². The number of nitrogens with one attached hydrogen (secondary N) is 1. The molecule has 1 N–H and O–H groups in total. The zero-order chi connectivity index (χ0) is 19.8. The van der Waals surface area contributed by atoms with Gasteiger partial charge in [-0.25, -0.2) is 12.7 Å². The molecule has 0 saturated carbocycles. The third kappa shape index (κ3) is 3.59. The molecule has 27 heavy (non-hydrogen) atoms. The van der Waals surface area contributed by atoms with E-state index in [1.807, 2.05) is 19.9 Å². The van der Waals surface area contributed by atoms with E-state index in [1.54, 1.807) is 0 Å². The van der Waals surface area contributed by atoms with Gasteiger partial charge in [0.25, 0.3) is 0 Å². The first-order valence-corrected chi connectivity index (χ1v) is 11.8. The van der Waals surface area contributed by atoms with Gasteiger partial charge in [-0.1, -0.05) is 26.3 Å². The van der Waals surface area contributed by atoms with Crippen molar-refractivity contribution < 1.29 is 18.0 Å². The molecule has 0 aromatic rings. The van der Waals surface area contributed by atoms with E-state index in [9.17, 15) is 18.0 Å². The molecule has 3 saturated heterocycles. The topological polar surface area (TPSA) is 86.8 Å². The first kappa shape index (κ1) is 20.5. The standard InChI is InChI=1S/C19H31N3O4S/c1-14(2)16-17-19(9-10-20-17,22(18(16)24)27(3,25)26)15(23)8-7-13-21-11-5-4-6-12-21/h7-8,14,16-17,20H,4-6,9-13H2,1-3H3/b8-7+/t16-,17-,19-/m1/s1. The minimum atomic E-state index is -3.84. The molecule has 3 atom stereocenters. The molecule has 8 heteroatoms. The Balaban J connectivity index is 1.88. The zero-order valence-corrected chi connectivity index (χ0v) is 17.3. The van der Waals surface area contributed by atoms with Crippen LogP contribution >= 0.6 is 0 Å². The van der Waals surface area contributed by atoms with Gasteiger partial charge in [0.15, 0.2) is 5.78 Å². The van der Waals surface area contributed by atoms with Crippen LogP contribution in [0.5, 0.6) is 0 Å². The fraction of sp³-hybridized carbons (Fsp3) is 0.789. The van der Waals surface area contributed by atoms with Crippen molar-refractivity contribution in [3.05, 3.63) is 12.2 Å². The summed E-state index contributed by atoms with van der Waals surface area (Å²) in [4.78, 5) is 28.5. The maximum Gasteiger partial charge on any atom is 0.242 e. The molecule has 0 aromatic heterocycles. The highest BCUT2D eigenvalue weighted by molar-refractivity contribution is 7.89. The molecule has 0 unspecified atom stereocenters. The molecule has 0 radical (unpaired) electrons. The third-order valence-electron chi connectivity index (χ3n) is 6.15. The lowest BCUT2D eigenvalue weighted by Crippen LogP contribution is -2.57. The number of carbonyl (C=O) groups excluding carboxylic acids is 2. The van der Waals surface area contributed by atoms with Crippen molar-refractivity contribution >= 4 is 21.7 Å². The summed E-state index contributed by atoms with van der Waals surface area (Å²) >= 11 is 0. The fourth-order valence-corrected chi connectivity index (χ4v) is 6.31. The van der Waals surface area contributed by atoms with E-state index >= 15 is 0 Å². The van der Waals surface area contributed by atoms with E-state index in [-0.39, 0.29) is 11.7 Å². The van der Waals surface area contributed by atoms with E-state index in [1.165, 1.54) is 25.3 Å². The highest BCUT2D eigenvalue weighted by Gasteiger charge is 2.67. The summed E-state index contributed by atoms with van der Waals surface area (Å²) in [5, 5.41) is 3.25.